The van der Waals surface area contributed by atoms with Gasteiger partial charge in [0.1, 0.15) is 0 Å². The lowest BCUT2D eigenvalue weighted by Crippen LogP contribution is -2.22. The van der Waals surface area contributed by atoms with E-state index in [9.17, 15) is 18.0 Å². The number of anilines is 2. The van der Waals surface area contributed by atoms with Gasteiger partial charge in [-0.1, -0.05) is 34.7 Å². The van der Waals surface area contributed by atoms with Gasteiger partial charge in [0.05, 0.1) is 22.4 Å². The van der Waals surface area contributed by atoms with Gasteiger partial charge in [0.25, 0.3) is 0 Å². The van der Waals surface area contributed by atoms with Crippen molar-refractivity contribution in [2.45, 2.75) is 22.7 Å². The summed E-state index contributed by atoms with van der Waals surface area (Å²) in [7, 11) is 1.59. The van der Waals surface area contributed by atoms with E-state index in [-0.39, 0.29) is 5.69 Å². The number of nitrogens with zero attached hydrogens (tertiary/aromatic N) is 2. The maximum atomic E-state index is 12.9. The summed E-state index contributed by atoms with van der Waals surface area (Å²) in [6.07, 6.45) is -4.60. The number of hydrogen-bond acceptors (Lipinski definition) is 7. The highest BCUT2D eigenvalue weighted by molar-refractivity contribution is 8.02. The largest absolute Gasteiger partial charge is 0.417 e. The molecule has 1 atom stereocenters. The van der Waals surface area contributed by atoms with Crippen LogP contribution in [-0.2, 0) is 15.7 Å². The molecule has 1 unspecified atom stereocenters. The molecule has 12 heteroatoms. The van der Waals surface area contributed by atoms with Crippen molar-refractivity contribution in [2.24, 2.45) is 0 Å². The minimum atomic E-state index is -4.60. The summed E-state index contributed by atoms with van der Waals surface area (Å²) in [5.74, 6) is -0.459. The summed E-state index contributed by atoms with van der Waals surface area (Å²) in [5.41, 5.74) is -0.985. The van der Waals surface area contributed by atoms with Gasteiger partial charge < -0.3 is 15.4 Å². The second-order valence-corrected chi connectivity index (χ2v) is 8.21. The summed E-state index contributed by atoms with van der Waals surface area (Å²) in [6.45, 7) is 2.71. The van der Waals surface area contributed by atoms with E-state index in [4.69, 9.17) is 16.3 Å². The number of hydrogen-bond donors (Lipinski definition) is 2. The highest BCUT2D eigenvalue weighted by Crippen LogP contribution is 2.36. The summed E-state index contributed by atoms with van der Waals surface area (Å²) < 4.78 is 44.2. The molecule has 0 radical (unpaired) electrons. The van der Waals surface area contributed by atoms with Crippen molar-refractivity contribution in [3.05, 3.63) is 28.8 Å². The molecule has 1 aromatic heterocycles. The Kier molecular flexibility index (Phi) is 7.71. The van der Waals surface area contributed by atoms with Crippen LogP contribution in [0.15, 0.2) is 22.5 Å². The van der Waals surface area contributed by atoms with Crippen LogP contribution in [0.1, 0.15) is 12.5 Å². The summed E-state index contributed by atoms with van der Waals surface area (Å²) in [5, 5.41) is 13.0. The molecule has 0 bridgehead atoms. The number of ether oxygens (including phenoxy) is 1. The van der Waals surface area contributed by atoms with Crippen LogP contribution in [0.5, 0.6) is 0 Å². The summed E-state index contributed by atoms with van der Waals surface area (Å²) in [4.78, 5) is 12.3. The number of amides is 1. The minimum Gasteiger partial charge on any atom is -0.383 e. The number of benzene rings is 1. The number of methoxy groups -OCH3 is 1. The number of carbonyl (C=O) groups excluding carboxylic acids is 1. The number of halogens is 4. The van der Waals surface area contributed by atoms with Crippen molar-refractivity contribution < 1.29 is 22.7 Å². The molecule has 1 amide bonds. The minimum absolute atomic E-state index is 0.0170. The summed E-state index contributed by atoms with van der Waals surface area (Å²) in [6, 6.07) is 3.22. The Labute approximate surface area is 166 Å². The summed E-state index contributed by atoms with van der Waals surface area (Å²) >= 11 is 8.00. The van der Waals surface area contributed by atoms with E-state index < -0.39 is 27.9 Å². The smallest absolute Gasteiger partial charge is 0.383 e. The van der Waals surface area contributed by atoms with Gasteiger partial charge in [-0.25, -0.2) is 0 Å². The van der Waals surface area contributed by atoms with Gasteiger partial charge in [-0.3, -0.25) is 4.79 Å². The normalized spacial score (nSPS) is 12.7. The van der Waals surface area contributed by atoms with Crippen LogP contribution in [0.25, 0.3) is 0 Å². The fourth-order valence-electron chi connectivity index (χ4n) is 1.86. The first-order valence-electron chi connectivity index (χ1n) is 7.61. The predicted molar refractivity (Wildman–Crippen MR) is 101 cm³/mol. The molecule has 27 heavy (non-hydrogen) atoms. The van der Waals surface area contributed by atoms with Crippen LogP contribution in [0.3, 0.4) is 0 Å². The maximum Gasteiger partial charge on any atom is 0.417 e. The monoisotopic (exact) mass is 440 g/mol. The van der Waals surface area contributed by atoms with Crippen molar-refractivity contribution in [1.29, 1.82) is 0 Å². The number of alkyl halides is 3. The Hall–Kier alpha value is -1.56. The Morgan fingerprint density at radius 1 is 1.41 bits per heavy atom. The maximum absolute atomic E-state index is 12.9. The van der Waals surface area contributed by atoms with Gasteiger partial charge in [-0.2, -0.15) is 13.2 Å². The van der Waals surface area contributed by atoms with Crippen molar-refractivity contribution in [3.8, 4) is 0 Å². The van der Waals surface area contributed by atoms with Crippen molar-refractivity contribution in [3.63, 3.8) is 0 Å². The Morgan fingerprint density at radius 3 is 2.81 bits per heavy atom. The topological polar surface area (TPSA) is 76.1 Å². The molecule has 2 aromatic rings. The van der Waals surface area contributed by atoms with Crippen molar-refractivity contribution in [1.82, 2.24) is 10.2 Å². The lowest BCUT2D eigenvalue weighted by molar-refractivity contribution is -0.137. The molecule has 2 rings (SSSR count). The molecule has 1 aromatic carbocycles. The zero-order chi connectivity index (χ0) is 20.0. The first kappa shape index (κ1) is 21.7. The number of rotatable bonds is 8. The van der Waals surface area contributed by atoms with Gasteiger partial charge in [-0.15, -0.1) is 10.2 Å². The fraction of sp³-hybridized carbons (Fsp3) is 0.400. The van der Waals surface area contributed by atoms with Crippen molar-refractivity contribution >= 4 is 51.4 Å². The third-order valence-electron chi connectivity index (χ3n) is 3.17. The van der Waals surface area contributed by atoms with Crippen molar-refractivity contribution in [2.75, 3.05) is 30.9 Å². The Balaban J connectivity index is 1.96. The van der Waals surface area contributed by atoms with Gasteiger partial charge in [-0.05, 0) is 25.1 Å². The third kappa shape index (κ3) is 6.52. The lowest BCUT2D eigenvalue weighted by Gasteiger charge is -2.13. The van der Waals surface area contributed by atoms with Crippen LogP contribution in [0, 0.1) is 0 Å². The molecule has 0 aliphatic carbocycles. The molecule has 0 spiro atoms. The molecule has 0 saturated heterocycles. The quantitative estimate of drug-likeness (QED) is 0.468. The molecule has 148 valence electrons. The van der Waals surface area contributed by atoms with Gasteiger partial charge in [0, 0.05) is 19.3 Å². The fourth-order valence-corrected chi connectivity index (χ4v) is 4.00. The van der Waals surface area contributed by atoms with E-state index in [2.05, 4.69) is 20.8 Å². The van der Waals surface area contributed by atoms with Crippen LogP contribution in [-0.4, -0.2) is 41.6 Å². The van der Waals surface area contributed by atoms with Gasteiger partial charge >= 0.3 is 6.18 Å². The average Bonchev–Trinajstić information content (AvgIpc) is 3.03. The molecule has 0 aliphatic rings. The zero-order valence-corrected chi connectivity index (χ0v) is 16.7. The molecular formula is C15H16ClF3N4O2S2. The Morgan fingerprint density at radius 2 is 2.15 bits per heavy atom. The van der Waals surface area contributed by atoms with Crippen LogP contribution < -0.4 is 10.6 Å². The number of carbonyl (C=O) groups is 1. The highest BCUT2D eigenvalue weighted by Gasteiger charge is 2.33. The standard InChI is InChI=1S/C15H16ClF3N4O2S2/c1-8(26-14-23-22-13(27-14)20-5-6-25-2)12(24)21-9-3-4-11(16)10(7-9)15(17,18)19/h3-4,7-8H,5-6H2,1-2H3,(H,20,22)(H,21,24). The highest BCUT2D eigenvalue weighted by atomic mass is 35.5. The first-order chi connectivity index (χ1) is 12.7. The number of thioether (sulfide) groups is 1. The molecule has 2 N–H and O–H groups in total. The zero-order valence-electron chi connectivity index (χ0n) is 14.3. The second-order valence-electron chi connectivity index (χ2n) is 5.23. The van der Waals surface area contributed by atoms with E-state index in [0.29, 0.717) is 22.6 Å². The SMILES string of the molecule is COCCNc1nnc(SC(C)C(=O)Nc2ccc(Cl)c(C(F)(F)F)c2)s1. The van der Waals surface area contributed by atoms with E-state index in [1.54, 1.807) is 14.0 Å². The predicted octanol–water partition coefficient (Wildman–Crippen LogP) is 4.39. The first-order valence-corrected chi connectivity index (χ1v) is 9.68. The lowest BCUT2D eigenvalue weighted by atomic mass is 10.2. The molecule has 0 fully saturated rings. The van der Waals surface area contributed by atoms with Crippen LogP contribution in [0.2, 0.25) is 5.02 Å². The number of aromatic nitrogens is 2. The van der Waals surface area contributed by atoms with Crippen LogP contribution >= 0.6 is 34.7 Å². The molecule has 1 heterocycles. The van der Waals surface area contributed by atoms with E-state index >= 15 is 0 Å². The Bertz CT molecular complexity index is 789. The van der Waals surface area contributed by atoms with Gasteiger partial charge in [0.2, 0.25) is 11.0 Å². The molecule has 6 nitrogen and oxygen atoms in total. The second kappa shape index (κ2) is 9.58. The molecular weight excluding hydrogens is 425 g/mol. The van der Waals surface area contributed by atoms with E-state index in [1.807, 2.05) is 0 Å². The van der Waals surface area contributed by atoms with Gasteiger partial charge in [0.15, 0.2) is 4.34 Å². The van der Waals surface area contributed by atoms with Crippen LogP contribution in [0.4, 0.5) is 24.0 Å². The van der Waals surface area contributed by atoms with E-state index in [1.165, 1.54) is 17.4 Å². The average molecular weight is 441 g/mol. The molecule has 0 saturated carbocycles. The third-order valence-corrected chi connectivity index (χ3v) is 5.57. The molecule has 0 aliphatic heterocycles. The van der Waals surface area contributed by atoms with E-state index in [0.717, 1.165) is 23.9 Å². The number of nitrogens with one attached hydrogen (secondary N) is 2.